The lowest BCUT2D eigenvalue weighted by atomic mass is 10.1. The highest BCUT2D eigenvalue weighted by molar-refractivity contribution is 7.92. The smallest absolute Gasteiger partial charge is 0.405 e. The Bertz CT molecular complexity index is 1590. The number of alkyl halides is 6. The number of hydrogen-bond donors (Lipinski definition) is 1. The maximum absolute atomic E-state index is 13.5. The van der Waals surface area contributed by atoms with Crippen LogP contribution in [-0.4, -0.2) is 42.8 Å². The van der Waals surface area contributed by atoms with Crippen molar-refractivity contribution < 1.29 is 44.3 Å². The van der Waals surface area contributed by atoms with E-state index in [2.05, 4.69) is 15.3 Å². The molecule has 1 aliphatic rings. The Balaban J connectivity index is 1.50. The standard InChI is InChI=1S/C25H19F6N5O4S/c26-24(27,28)16-7-5-15(6-8-16)12-34-23(37)40-19-13-33-21(11-32)35-22(19)36-10-9-17(14-36)41(38,39)20-4-2-1-3-18(20)25(29,30)31/h1-8,13,17H,9-10,12,14H2,(H,34,37)/t17-/m0/s1. The zero-order chi connectivity index (χ0) is 30.0. The summed E-state index contributed by atoms with van der Waals surface area (Å²) in [5.41, 5.74) is -1.82. The number of nitriles is 1. The van der Waals surface area contributed by atoms with Gasteiger partial charge in [-0.2, -0.15) is 36.6 Å². The number of ether oxygens (including phenoxy) is 1. The van der Waals surface area contributed by atoms with Gasteiger partial charge in [0, 0.05) is 19.6 Å². The maximum atomic E-state index is 13.5. The minimum Gasteiger partial charge on any atom is -0.405 e. The Morgan fingerprint density at radius 1 is 1.07 bits per heavy atom. The van der Waals surface area contributed by atoms with Crippen LogP contribution in [0, 0.1) is 11.3 Å². The fraction of sp³-hybridized carbons (Fsp3) is 0.280. The molecule has 1 fully saturated rings. The van der Waals surface area contributed by atoms with Crippen LogP contribution >= 0.6 is 0 Å². The van der Waals surface area contributed by atoms with Gasteiger partial charge in [-0.1, -0.05) is 24.3 Å². The molecule has 1 saturated heterocycles. The molecule has 1 atom stereocenters. The van der Waals surface area contributed by atoms with Gasteiger partial charge < -0.3 is 15.0 Å². The maximum Gasteiger partial charge on any atom is 0.417 e. The van der Waals surface area contributed by atoms with Gasteiger partial charge in [0.05, 0.1) is 27.5 Å². The van der Waals surface area contributed by atoms with E-state index < -0.39 is 49.6 Å². The average molecular weight is 600 g/mol. The second-order valence-electron chi connectivity index (χ2n) is 8.83. The Morgan fingerprint density at radius 2 is 1.76 bits per heavy atom. The Morgan fingerprint density at radius 3 is 2.39 bits per heavy atom. The van der Waals surface area contributed by atoms with Crippen molar-refractivity contribution in [3.63, 3.8) is 0 Å². The first-order valence-corrected chi connectivity index (χ1v) is 13.3. The summed E-state index contributed by atoms with van der Waals surface area (Å²) in [5.74, 6) is -0.753. The van der Waals surface area contributed by atoms with Crippen molar-refractivity contribution in [2.45, 2.75) is 35.5 Å². The minimum absolute atomic E-state index is 0.0104. The summed E-state index contributed by atoms with van der Waals surface area (Å²) in [6, 6.07) is 9.56. The van der Waals surface area contributed by atoms with Gasteiger partial charge in [0.15, 0.2) is 21.4 Å². The van der Waals surface area contributed by atoms with Crippen LogP contribution in [-0.2, 0) is 28.7 Å². The zero-order valence-electron chi connectivity index (χ0n) is 20.7. The summed E-state index contributed by atoms with van der Waals surface area (Å²) >= 11 is 0. The summed E-state index contributed by atoms with van der Waals surface area (Å²) in [6.45, 7) is -0.532. The van der Waals surface area contributed by atoms with Crippen LogP contribution in [0.1, 0.15) is 28.9 Å². The molecule has 0 unspecified atom stereocenters. The molecule has 41 heavy (non-hydrogen) atoms. The number of carbonyl (C=O) groups excluding carboxylic acids is 1. The van der Waals surface area contributed by atoms with Crippen molar-refractivity contribution in [3.05, 3.63) is 77.2 Å². The molecule has 0 bridgehead atoms. The second-order valence-corrected chi connectivity index (χ2v) is 11.0. The highest BCUT2D eigenvalue weighted by atomic mass is 32.2. The van der Waals surface area contributed by atoms with Crippen molar-refractivity contribution in [2.75, 3.05) is 18.0 Å². The number of nitrogens with one attached hydrogen (secondary N) is 1. The van der Waals surface area contributed by atoms with Crippen LogP contribution in [0.3, 0.4) is 0 Å². The van der Waals surface area contributed by atoms with Crippen molar-refractivity contribution in [2.24, 2.45) is 0 Å². The number of rotatable bonds is 6. The molecule has 216 valence electrons. The van der Waals surface area contributed by atoms with Gasteiger partial charge >= 0.3 is 18.4 Å². The number of aromatic nitrogens is 2. The lowest BCUT2D eigenvalue weighted by molar-refractivity contribution is -0.140. The Kier molecular flexibility index (Phi) is 8.11. The number of anilines is 1. The molecule has 16 heteroatoms. The Hall–Kier alpha value is -4.39. The fourth-order valence-corrected chi connectivity index (χ4v) is 6.05. The molecule has 1 N–H and O–H groups in total. The molecule has 1 aliphatic heterocycles. The van der Waals surface area contributed by atoms with E-state index in [1.54, 1.807) is 6.07 Å². The van der Waals surface area contributed by atoms with E-state index in [9.17, 15) is 44.8 Å². The first-order chi connectivity index (χ1) is 19.2. The highest BCUT2D eigenvalue weighted by Crippen LogP contribution is 2.38. The molecule has 1 aromatic heterocycles. The molecule has 0 saturated carbocycles. The van der Waals surface area contributed by atoms with Gasteiger partial charge in [0.25, 0.3) is 0 Å². The summed E-state index contributed by atoms with van der Waals surface area (Å²) in [7, 11) is -4.46. The van der Waals surface area contributed by atoms with Crippen molar-refractivity contribution >= 4 is 21.7 Å². The van der Waals surface area contributed by atoms with Crippen molar-refractivity contribution in [1.82, 2.24) is 15.3 Å². The SMILES string of the molecule is N#Cc1ncc(OC(=O)NCc2ccc(C(F)(F)F)cc2)c(N2CC[C@H](S(=O)(=O)c3ccccc3C(F)(F)F)C2)n1. The van der Waals surface area contributed by atoms with E-state index in [1.165, 1.54) is 23.1 Å². The summed E-state index contributed by atoms with van der Waals surface area (Å²) < 4.78 is 110. The number of hydrogen-bond acceptors (Lipinski definition) is 8. The number of sulfone groups is 1. The highest BCUT2D eigenvalue weighted by Gasteiger charge is 2.42. The first-order valence-electron chi connectivity index (χ1n) is 11.7. The summed E-state index contributed by atoms with van der Waals surface area (Å²) in [5, 5.41) is 10.3. The largest absolute Gasteiger partial charge is 0.417 e. The summed E-state index contributed by atoms with van der Waals surface area (Å²) in [4.78, 5) is 20.6. The predicted octanol–water partition coefficient (Wildman–Crippen LogP) is 4.73. The number of amides is 1. The van der Waals surface area contributed by atoms with Gasteiger partial charge in [0.2, 0.25) is 5.82 Å². The molecule has 0 aliphatic carbocycles. The van der Waals surface area contributed by atoms with Crippen molar-refractivity contribution in [1.29, 1.82) is 5.26 Å². The van der Waals surface area contributed by atoms with Crippen molar-refractivity contribution in [3.8, 4) is 11.8 Å². The van der Waals surface area contributed by atoms with Crippen LogP contribution in [0.2, 0.25) is 0 Å². The van der Waals surface area contributed by atoms with Gasteiger partial charge in [-0.3, -0.25) is 0 Å². The third kappa shape index (κ3) is 6.68. The average Bonchev–Trinajstić information content (AvgIpc) is 3.43. The number of halogens is 6. The minimum atomic E-state index is -4.90. The molecule has 2 heterocycles. The topological polar surface area (TPSA) is 125 Å². The molecule has 3 aromatic rings. The molecule has 9 nitrogen and oxygen atoms in total. The molecule has 0 radical (unpaired) electrons. The third-order valence-electron chi connectivity index (χ3n) is 6.14. The molecule has 0 spiro atoms. The number of carbonyl (C=O) groups is 1. The van der Waals surface area contributed by atoms with Gasteiger partial charge in [0.1, 0.15) is 6.07 Å². The second kappa shape index (κ2) is 11.2. The number of nitrogens with zero attached hydrogens (tertiary/aromatic N) is 4. The van der Waals surface area contributed by atoms with E-state index in [0.29, 0.717) is 11.6 Å². The fourth-order valence-electron chi connectivity index (χ4n) is 4.14. The normalized spacial score (nSPS) is 15.8. The van der Waals surface area contributed by atoms with Crippen LogP contribution in [0.15, 0.2) is 59.6 Å². The monoisotopic (exact) mass is 599 g/mol. The van der Waals surface area contributed by atoms with E-state index in [0.717, 1.165) is 30.5 Å². The first kappa shape index (κ1) is 29.6. The van der Waals surface area contributed by atoms with Crippen LogP contribution in [0.5, 0.6) is 5.75 Å². The molecule has 2 aromatic carbocycles. The lowest BCUT2D eigenvalue weighted by Gasteiger charge is -2.21. The van der Waals surface area contributed by atoms with Crippen LogP contribution in [0.25, 0.3) is 0 Å². The molecule has 4 rings (SSSR count). The van der Waals surface area contributed by atoms with Crippen LogP contribution < -0.4 is 15.0 Å². The summed E-state index contributed by atoms with van der Waals surface area (Å²) in [6.07, 6.45) is -9.56. The van der Waals surface area contributed by atoms with E-state index in [-0.39, 0.29) is 43.4 Å². The van der Waals surface area contributed by atoms with Gasteiger partial charge in [-0.05, 0) is 36.2 Å². The molecular formula is C25H19F6N5O4S. The van der Waals surface area contributed by atoms with E-state index in [4.69, 9.17) is 4.74 Å². The Labute approximate surface area is 229 Å². The lowest BCUT2D eigenvalue weighted by Crippen LogP contribution is -2.30. The van der Waals surface area contributed by atoms with E-state index in [1.807, 2.05) is 0 Å². The molecule has 1 amide bonds. The third-order valence-corrected chi connectivity index (χ3v) is 8.37. The van der Waals surface area contributed by atoms with Gasteiger partial charge in [-0.25, -0.2) is 18.2 Å². The van der Waals surface area contributed by atoms with Crippen LogP contribution in [0.4, 0.5) is 37.0 Å². The number of benzene rings is 2. The zero-order valence-corrected chi connectivity index (χ0v) is 21.5. The van der Waals surface area contributed by atoms with Gasteiger partial charge in [-0.15, -0.1) is 0 Å². The quantitative estimate of drug-likeness (QED) is 0.404. The van der Waals surface area contributed by atoms with E-state index >= 15 is 0 Å². The predicted molar refractivity (Wildman–Crippen MR) is 130 cm³/mol. The molecular weight excluding hydrogens is 580 g/mol.